The summed E-state index contributed by atoms with van der Waals surface area (Å²) in [6, 6.07) is 12.8. The summed E-state index contributed by atoms with van der Waals surface area (Å²) in [6.07, 6.45) is 0. The number of hydrogen-bond donors (Lipinski definition) is 1. The Hall–Kier alpha value is -1.33. The van der Waals surface area contributed by atoms with E-state index in [4.69, 9.17) is 10.5 Å². The molecule has 2 N–H and O–H groups in total. The first-order valence-electron chi connectivity index (χ1n) is 5.67. The highest BCUT2D eigenvalue weighted by Crippen LogP contribution is 2.26. The molecule has 100 valence electrons. The molecule has 0 saturated heterocycles. The molecular weight excluding hydrogens is 326 g/mol. The summed E-state index contributed by atoms with van der Waals surface area (Å²) in [6.45, 7) is 0. The zero-order chi connectivity index (χ0) is 13.8. The van der Waals surface area contributed by atoms with Gasteiger partial charge in [0.15, 0.2) is 0 Å². The summed E-state index contributed by atoms with van der Waals surface area (Å²) in [5, 5.41) is 0. The molecule has 0 aliphatic rings. The maximum Gasteiger partial charge on any atom is 0.134 e. The quantitative estimate of drug-likeness (QED) is 0.869. The molecule has 0 aliphatic heterocycles. The van der Waals surface area contributed by atoms with E-state index in [0.29, 0.717) is 22.1 Å². The second kappa shape index (κ2) is 6.21. The van der Waals surface area contributed by atoms with Gasteiger partial charge in [-0.05, 0) is 29.8 Å². The van der Waals surface area contributed by atoms with Crippen molar-refractivity contribution in [1.82, 2.24) is 0 Å². The number of benzene rings is 2. The van der Waals surface area contributed by atoms with Gasteiger partial charge in [0.2, 0.25) is 0 Å². The minimum atomic E-state index is -1.16. The van der Waals surface area contributed by atoms with Crippen molar-refractivity contribution in [1.29, 1.82) is 0 Å². The van der Waals surface area contributed by atoms with E-state index in [9.17, 15) is 4.21 Å². The minimum absolute atomic E-state index is 0.418. The Bertz CT molecular complexity index is 616. The van der Waals surface area contributed by atoms with Crippen molar-refractivity contribution in [3.63, 3.8) is 0 Å². The van der Waals surface area contributed by atoms with Crippen LogP contribution in [0.15, 0.2) is 51.8 Å². The number of nitrogens with two attached hydrogens (primary N) is 1. The predicted octanol–water partition coefficient (Wildman–Crippen LogP) is 3.35. The van der Waals surface area contributed by atoms with Crippen LogP contribution in [-0.2, 0) is 16.6 Å². The van der Waals surface area contributed by atoms with Crippen LogP contribution < -0.4 is 10.5 Å². The maximum absolute atomic E-state index is 12.4. The average molecular weight is 340 g/mol. The van der Waals surface area contributed by atoms with E-state index in [-0.39, 0.29) is 0 Å². The molecule has 0 bridgehead atoms. The molecule has 0 amide bonds. The maximum atomic E-state index is 12.4. The number of nitrogen functional groups attached to an aromatic ring is 1. The molecule has 1 atom stereocenters. The van der Waals surface area contributed by atoms with Gasteiger partial charge < -0.3 is 10.5 Å². The Labute approximate surface area is 123 Å². The zero-order valence-electron chi connectivity index (χ0n) is 10.4. The molecule has 0 fully saturated rings. The molecule has 3 nitrogen and oxygen atoms in total. The van der Waals surface area contributed by atoms with E-state index in [2.05, 4.69) is 15.9 Å². The van der Waals surface area contributed by atoms with E-state index >= 15 is 0 Å². The summed E-state index contributed by atoms with van der Waals surface area (Å²) in [7, 11) is 0.420. The Morgan fingerprint density at radius 2 is 2.00 bits per heavy atom. The van der Waals surface area contributed by atoms with Gasteiger partial charge in [-0.25, -0.2) is 0 Å². The van der Waals surface area contributed by atoms with Crippen LogP contribution in [0.3, 0.4) is 0 Å². The lowest BCUT2D eigenvalue weighted by atomic mass is 10.2. The van der Waals surface area contributed by atoms with Crippen molar-refractivity contribution in [3.8, 4) is 5.75 Å². The molecule has 2 rings (SSSR count). The highest BCUT2D eigenvalue weighted by Gasteiger charge is 2.12. The van der Waals surface area contributed by atoms with Gasteiger partial charge in [0.1, 0.15) is 5.75 Å². The van der Waals surface area contributed by atoms with Crippen molar-refractivity contribution < 1.29 is 8.95 Å². The van der Waals surface area contributed by atoms with Crippen molar-refractivity contribution in [3.05, 3.63) is 52.5 Å². The van der Waals surface area contributed by atoms with Crippen LogP contribution in [0.2, 0.25) is 0 Å². The summed E-state index contributed by atoms with van der Waals surface area (Å²) in [5.74, 6) is 1.06. The normalized spacial score (nSPS) is 12.1. The van der Waals surface area contributed by atoms with Crippen molar-refractivity contribution in [2.24, 2.45) is 0 Å². The number of hydrogen-bond acceptors (Lipinski definition) is 3. The van der Waals surface area contributed by atoms with Gasteiger partial charge in [0.25, 0.3) is 0 Å². The zero-order valence-corrected chi connectivity index (χ0v) is 12.8. The Morgan fingerprint density at radius 1 is 1.26 bits per heavy atom. The van der Waals surface area contributed by atoms with Gasteiger partial charge in [0, 0.05) is 10.2 Å². The molecule has 0 heterocycles. The Balaban J connectivity index is 2.26. The summed E-state index contributed by atoms with van der Waals surface area (Å²) in [5.41, 5.74) is 7.33. The molecule has 0 spiro atoms. The number of ether oxygens (including phenoxy) is 1. The third kappa shape index (κ3) is 3.36. The number of methoxy groups -OCH3 is 1. The first-order valence-corrected chi connectivity index (χ1v) is 7.78. The molecular formula is C14H14BrNO2S. The third-order valence-corrected chi connectivity index (χ3v) is 4.82. The Kier molecular flexibility index (Phi) is 4.61. The number of halogens is 1. The van der Waals surface area contributed by atoms with Crippen molar-refractivity contribution in [2.45, 2.75) is 10.6 Å². The number of para-hydroxylation sites is 1. The van der Waals surface area contributed by atoms with Gasteiger partial charge in [-0.15, -0.1) is 0 Å². The Morgan fingerprint density at radius 3 is 2.68 bits per heavy atom. The lowest BCUT2D eigenvalue weighted by molar-refractivity contribution is 0.404. The molecule has 0 saturated carbocycles. The van der Waals surface area contributed by atoms with Crippen LogP contribution in [0.4, 0.5) is 5.69 Å². The van der Waals surface area contributed by atoms with Crippen LogP contribution in [0.1, 0.15) is 5.56 Å². The molecule has 5 heteroatoms. The molecule has 2 aromatic rings. The first-order chi connectivity index (χ1) is 9.11. The molecule has 19 heavy (non-hydrogen) atoms. The van der Waals surface area contributed by atoms with E-state index in [1.165, 1.54) is 0 Å². The monoisotopic (exact) mass is 339 g/mol. The van der Waals surface area contributed by atoms with E-state index < -0.39 is 10.8 Å². The largest absolute Gasteiger partial charge is 0.495 e. The smallest absolute Gasteiger partial charge is 0.134 e. The molecule has 0 aromatic heterocycles. The minimum Gasteiger partial charge on any atom is -0.495 e. The fourth-order valence-electron chi connectivity index (χ4n) is 1.71. The van der Waals surface area contributed by atoms with Gasteiger partial charge in [-0.2, -0.15) is 0 Å². The number of rotatable bonds is 4. The fourth-order valence-corrected chi connectivity index (χ4v) is 3.72. The van der Waals surface area contributed by atoms with Crippen LogP contribution in [0.5, 0.6) is 5.75 Å². The lowest BCUT2D eigenvalue weighted by Crippen LogP contribution is -2.00. The lowest BCUT2D eigenvalue weighted by Gasteiger charge is -2.09. The van der Waals surface area contributed by atoms with Crippen LogP contribution >= 0.6 is 15.9 Å². The molecule has 0 radical (unpaired) electrons. The topological polar surface area (TPSA) is 52.3 Å². The average Bonchev–Trinajstić information content (AvgIpc) is 2.41. The second-order valence-corrected chi connectivity index (χ2v) is 6.27. The summed E-state index contributed by atoms with van der Waals surface area (Å²) < 4.78 is 18.5. The second-order valence-electron chi connectivity index (χ2n) is 3.99. The SMILES string of the molecule is COc1ccccc1S(=O)Cc1ccc(N)cc1Br. The highest BCUT2D eigenvalue weighted by molar-refractivity contribution is 9.10. The third-order valence-electron chi connectivity index (χ3n) is 2.68. The summed E-state index contributed by atoms with van der Waals surface area (Å²) >= 11 is 3.44. The summed E-state index contributed by atoms with van der Waals surface area (Å²) in [4.78, 5) is 0.703. The first kappa shape index (κ1) is 14.1. The van der Waals surface area contributed by atoms with E-state index in [1.54, 1.807) is 13.2 Å². The van der Waals surface area contributed by atoms with Crippen LogP contribution in [0, 0.1) is 0 Å². The number of anilines is 1. The fraction of sp³-hybridized carbons (Fsp3) is 0.143. The van der Waals surface area contributed by atoms with E-state index in [0.717, 1.165) is 10.0 Å². The highest BCUT2D eigenvalue weighted by atomic mass is 79.9. The van der Waals surface area contributed by atoms with E-state index in [1.807, 2.05) is 36.4 Å². The molecule has 0 aliphatic carbocycles. The molecule has 1 unspecified atom stereocenters. The van der Waals surface area contributed by atoms with Gasteiger partial charge >= 0.3 is 0 Å². The standard InChI is InChI=1S/C14H14BrNO2S/c1-18-13-4-2-3-5-14(13)19(17)9-10-6-7-11(16)8-12(10)15/h2-8H,9,16H2,1H3. The van der Waals surface area contributed by atoms with Crippen LogP contribution in [-0.4, -0.2) is 11.3 Å². The predicted molar refractivity (Wildman–Crippen MR) is 81.7 cm³/mol. The van der Waals surface area contributed by atoms with Crippen LogP contribution in [0.25, 0.3) is 0 Å². The molecule has 2 aromatic carbocycles. The van der Waals surface area contributed by atoms with Crippen molar-refractivity contribution >= 4 is 32.4 Å². The van der Waals surface area contributed by atoms with Crippen molar-refractivity contribution in [2.75, 3.05) is 12.8 Å². The van der Waals surface area contributed by atoms with Gasteiger partial charge in [-0.3, -0.25) is 4.21 Å². The van der Waals surface area contributed by atoms with Gasteiger partial charge in [-0.1, -0.05) is 34.1 Å². The van der Waals surface area contributed by atoms with Gasteiger partial charge in [0.05, 0.1) is 28.6 Å².